The van der Waals surface area contributed by atoms with Crippen LogP contribution in [0, 0.1) is 12.7 Å². The zero-order valence-electron chi connectivity index (χ0n) is 14.3. The molecule has 0 saturated heterocycles. The number of hydrogen-bond donors (Lipinski definition) is 0. The van der Waals surface area contributed by atoms with E-state index in [1.165, 1.54) is 12.1 Å². The van der Waals surface area contributed by atoms with Gasteiger partial charge in [-0.05, 0) is 37.1 Å². The van der Waals surface area contributed by atoms with E-state index in [0.29, 0.717) is 18.7 Å². The number of nitrogens with zero attached hydrogens (tertiary/aromatic N) is 1. The lowest BCUT2D eigenvalue weighted by Gasteiger charge is -2.07. The lowest BCUT2D eigenvalue weighted by atomic mass is 10.0. The molecule has 0 atom stereocenters. The molecule has 4 heteroatoms. The maximum Gasteiger partial charge on any atom is 0.340 e. The summed E-state index contributed by atoms with van der Waals surface area (Å²) >= 11 is 0. The maximum atomic E-state index is 13.3. The lowest BCUT2D eigenvalue weighted by Crippen LogP contribution is -2.08. The van der Waals surface area contributed by atoms with E-state index in [0.717, 1.165) is 22.4 Å². The van der Waals surface area contributed by atoms with Crippen molar-refractivity contribution >= 4 is 5.97 Å². The van der Waals surface area contributed by atoms with Crippen molar-refractivity contribution in [2.75, 3.05) is 6.61 Å². The van der Waals surface area contributed by atoms with E-state index < -0.39 is 0 Å². The zero-order valence-corrected chi connectivity index (χ0v) is 14.3. The molecule has 25 heavy (non-hydrogen) atoms. The highest BCUT2D eigenvalue weighted by atomic mass is 19.1. The van der Waals surface area contributed by atoms with Crippen molar-refractivity contribution in [3.63, 3.8) is 0 Å². The van der Waals surface area contributed by atoms with Crippen molar-refractivity contribution in [2.45, 2.75) is 20.4 Å². The predicted octanol–water partition coefficient (Wildman–Crippen LogP) is 4.83. The van der Waals surface area contributed by atoms with Gasteiger partial charge in [-0.1, -0.05) is 42.5 Å². The van der Waals surface area contributed by atoms with Gasteiger partial charge in [0.2, 0.25) is 0 Å². The molecular weight excluding hydrogens is 317 g/mol. The van der Waals surface area contributed by atoms with Crippen molar-refractivity contribution < 1.29 is 13.9 Å². The van der Waals surface area contributed by atoms with Gasteiger partial charge in [-0.3, -0.25) is 0 Å². The third-order valence-corrected chi connectivity index (χ3v) is 4.18. The molecule has 0 spiro atoms. The van der Waals surface area contributed by atoms with E-state index in [1.54, 1.807) is 19.1 Å². The lowest BCUT2D eigenvalue weighted by molar-refractivity contribution is 0.0526. The van der Waals surface area contributed by atoms with Crippen molar-refractivity contribution in [3.05, 3.63) is 83.4 Å². The van der Waals surface area contributed by atoms with E-state index in [4.69, 9.17) is 4.74 Å². The molecule has 3 rings (SSSR count). The Balaban J connectivity index is 2.07. The minimum Gasteiger partial charge on any atom is -0.462 e. The summed E-state index contributed by atoms with van der Waals surface area (Å²) in [7, 11) is 0. The molecule has 1 aromatic heterocycles. The number of esters is 1. The summed E-state index contributed by atoms with van der Waals surface area (Å²) in [6.07, 6.45) is 1.93. The van der Waals surface area contributed by atoms with Crippen LogP contribution >= 0.6 is 0 Å². The Kier molecular flexibility index (Phi) is 4.98. The minimum atomic E-state index is -0.355. The highest BCUT2D eigenvalue weighted by Crippen LogP contribution is 2.29. The number of halogens is 1. The van der Waals surface area contributed by atoms with Crippen LogP contribution in [0.2, 0.25) is 0 Å². The highest BCUT2D eigenvalue weighted by molar-refractivity contribution is 5.98. The number of rotatable bonds is 5. The molecule has 0 N–H and O–H groups in total. The Morgan fingerprint density at radius 1 is 1.08 bits per heavy atom. The summed E-state index contributed by atoms with van der Waals surface area (Å²) in [6.45, 7) is 4.65. The summed E-state index contributed by atoms with van der Waals surface area (Å²) in [4.78, 5) is 12.5. The third kappa shape index (κ3) is 3.63. The Morgan fingerprint density at radius 3 is 2.40 bits per heavy atom. The van der Waals surface area contributed by atoms with E-state index in [9.17, 15) is 9.18 Å². The molecule has 2 aromatic carbocycles. The fraction of sp³-hybridized carbons (Fsp3) is 0.190. The van der Waals surface area contributed by atoms with Gasteiger partial charge in [-0.15, -0.1) is 0 Å². The number of carbonyl (C=O) groups excluding carboxylic acids is 1. The number of benzene rings is 2. The van der Waals surface area contributed by atoms with Crippen LogP contribution in [0.1, 0.15) is 28.5 Å². The molecule has 0 radical (unpaired) electrons. The molecule has 0 unspecified atom stereocenters. The zero-order chi connectivity index (χ0) is 17.8. The molecule has 3 aromatic rings. The van der Waals surface area contributed by atoms with Crippen LogP contribution in [0.25, 0.3) is 11.1 Å². The number of carbonyl (C=O) groups is 1. The Hall–Kier alpha value is -2.88. The Morgan fingerprint density at radius 2 is 1.76 bits per heavy atom. The summed E-state index contributed by atoms with van der Waals surface area (Å²) < 4.78 is 20.5. The number of hydrogen-bond acceptors (Lipinski definition) is 2. The van der Waals surface area contributed by atoms with Gasteiger partial charge in [0, 0.05) is 24.0 Å². The molecule has 0 fully saturated rings. The summed E-state index contributed by atoms with van der Waals surface area (Å²) in [5.74, 6) is -0.659. The Labute approximate surface area is 146 Å². The first-order valence-corrected chi connectivity index (χ1v) is 8.27. The second-order valence-electron chi connectivity index (χ2n) is 5.84. The topological polar surface area (TPSA) is 31.2 Å². The second kappa shape index (κ2) is 7.34. The third-order valence-electron chi connectivity index (χ3n) is 4.18. The maximum absolute atomic E-state index is 13.3. The van der Waals surface area contributed by atoms with Gasteiger partial charge in [0.15, 0.2) is 0 Å². The first-order chi connectivity index (χ1) is 12.1. The first kappa shape index (κ1) is 17.0. The minimum absolute atomic E-state index is 0.304. The molecule has 0 aliphatic carbocycles. The molecule has 0 bridgehead atoms. The van der Waals surface area contributed by atoms with Crippen LogP contribution in [0.5, 0.6) is 0 Å². The fourth-order valence-electron chi connectivity index (χ4n) is 2.91. The SMILES string of the molecule is CCOC(=O)c1c(-c2ccc(F)cc2)cn(Cc2ccccc2)c1C. The molecule has 0 aliphatic heterocycles. The van der Waals surface area contributed by atoms with Gasteiger partial charge < -0.3 is 9.30 Å². The van der Waals surface area contributed by atoms with Gasteiger partial charge in [-0.2, -0.15) is 0 Å². The van der Waals surface area contributed by atoms with Crippen LogP contribution in [0.3, 0.4) is 0 Å². The quantitative estimate of drug-likeness (QED) is 0.625. The van der Waals surface area contributed by atoms with Gasteiger partial charge in [0.05, 0.1) is 12.2 Å². The first-order valence-electron chi connectivity index (χ1n) is 8.27. The van der Waals surface area contributed by atoms with Crippen LogP contribution in [0.15, 0.2) is 60.8 Å². The van der Waals surface area contributed by atoms with E-state index in [1.807, 2.05) is 48.0 Å². The monoisotopic (exact) mass is 337 g/mol. The van der Waals surface area contributed by atoms with Crippen molar-refractivity contribution in [3.8, 4) is 11.1 Å². The summed E-state index contributed by atoms with van der Waals surface area (Å²) in [6, 6.07) is 16.2. The molecule has 128 valence electrons. The van der Waals surface area contributed by atoms with Crippen molar-refractivity contribution in [2.24, 2.45) is 0 Å². The fourth-order valence-corrected chi connectivity index (χ4v) is 2.91. The van der Waals surface area contributed by atoms with Gasteiger partial charge in [0.1, 0.15) is 5.82 Å². The molecule has 1 heterocycles. The largest absolute Gasteiger partial charge is 0.462 e. The molecule has 3 nitrogen and oxygen atoms in total. The average molecular weight is 337 g/mol. The van der Waals surface area contributed by atoms with Crippen molar-refractivity contribution in [1.29, 1.82) is 0 Å². The van der Waals surface area contributed by atoms with Gasteiger partial charge >= 0.3 is 5.97 Å². The number of ether oxygens (including phenoxy) is 1. The normalized spacial score (nSPS) is 10.7. The van der Waals surface area contributed by atoms with Crippen LogP contribution < -0.4 is 0 Å². The summed E-state index contributed by atoms with van der Waals surface area (Å²) in [5.41, 5.74) is 4.05. The molecule has 0 saturated carbocycles. The van der Waals surface area contributed by atoms with E-state index >= 15 is 0 Å². The van der Waals surface area contributed by atoms with Gasteiger partial charge in [-0.25, -0.2) is 9.18 Å². The number of aromatic nitrogens is 1. The van der Waals surface area contributed by atoms with Crippen LogP contribution in [-0.4, -0.2) is 17.1 Å². The standard InChI is InChI=1S/C21H20FNO2/c1-3-25-21(24)20-15(2)23(13-16-7-5-4-6-8-16)14-19(20)17-9-11-18(22)12-10-17/h4-12,14H,3,13H2,1-2H3. The highest BCUT2D eigenvalue weighted by Gasteiger charge is 2.21. The van der Waals surface area contributed by atoms with Crippen molar-refractivity contribution in [1.82, 2.24) is 4.57 Å². The summed E-state index contributed by atoms with van der Waals surface area (Å²) in [5, 5.41) is 0. The predicted molar refractivity (Wildman–Crippen MR) is 96.1 cm³/mol. The molecule has 0 amide bonds. The molecular formula is C21H20FNO2. The van der Waals surface area contributed by atoms with E-state index in [-0.39, 0.29) is 11.8 Å². The van der Waals surface area contributed by atoms with Crippen LogP contribution in [0.4, 0.5) is 4.39 Å². The second-order valence-corrected chi connectivity index (χ2v) is 5.84. The molecule has 0 aliphatic rings. The average Bonchev–Trinajstić information content (AvgIpc) is 2.93. The van der Waals surface area contributed by atoms with E-state index in [2.05, 4.69) is 0 Å². The Bertz CT molecular complexity index is 867. The smallest absolute Gasteiger partial charge is 0.340 e. The van der Waals surface area contributed by atoms with Crippen LogP contribution in [-0.2, 0) is 11.3 Å². The van der Waals surface area contributed by atoms with Gasteiger partial charge in [0.25, 0.3) is 0 Å².